The summed E-state index contributed by atoms with van der Waals surface area (Å²) in [5, 5.41) is 5.83. The number of amides is 2. The molecule has 0 saturated carbocycles. The molecule has 1 fully saturated rings. The summed E-state index contributed by atoms with van der Waals surface area (Å²) in [5.41, 5.74) is -0.379. The van der Waals surface area contributed by atoms with Crippen LogP contribution in [0.2, 0.25) is 5.02 Å². The highest BCUT2D eigenvalue weighted by molar-refractivity contribution is 7.89. The lowest BCUT2D eigenvalue weighted by Crippen LogP contribution is -2.49. The van der Waals surface area contributed by atoms with Crippen molar-refractivity contribution in [3.05, 3.63) is 29.3 Å². The molecule has 7 nitrogen and oxygen atoms in total. The molecule has 1 aromatic carbocycles. The number of hydrogen-bond donors (Lipinski definition) is 2. The van der Waals surface area contributed by atoms with E-state index in [0.717, 1.165) is 0 Å². The van der Waals surface area contributed by atoms with Gasteiger partial charge >= 0.3 is 0 Å². The minimum Gasteiger partial charge on any atom is -0.350 e. The van der Waals surface area contributed by atoms with E-state index in [9.17, 15) is 18.0 Å². The number of nitrogens with one attached hydrogen (secondary N) is 2. The first-order chi connectivity index (χ1) is 12.5. The number of halogens is 1. The van der Waals surface area contributed by atoms with E-state index in [1.54, 1.807) is 0 Å². The van der Waals surface area contributed by atoms with E-state index in [1.165, 1.54) is 28.6 Å². The Morgan fingerprint density at radius 1 is 1.22 bits per heavy atom. The SMILES string of the molecule is CC(C)(C)NC(=O)CNC(=O)C1CCCN(S(=O)(=O)c2ccc(Cl)cc2)C1. The molecule has 2 amide bonds. The van der Waals surface area contributed by atoms with Gasteiger partial charge in [-0.1, -0.05) is 11.6 Å². The lowest BCUT2D eigenvalue weighted by molar-refractivity contribution is -0.129. The largest absolute Gasteiger partial charge is 0.350 e. The third kappa shape index (κ3) is 6.19. The van der Waals surface area contributed by atoms with Crippen molar-refractivity contribution in [2.45, 2.75) is 44.0 Å². The van der Waals surface area contributed by atoms with Gasteiger partial charge in [-0.05, 0) is 57.9 Å². The highest BCUT2D eigenvalue weighted by Gasteiger charge is 2.33. The molecule has 0 spiro atoms. The van der Waals surface area contributed by atoms with Crippen LogP contribution in [-0.4, -0.2) is 49.7 Å². The number of sulfonamides is 1. The zero-order valence-corrected chi connectivity index (χ0v) is 17.4. The number of carbonyl (C=O) groups is 2. The molecule has 2 rings (SSSR count). The predicted molar refractivity (Wildman–Crippen MR) is 104 cm³/mol. The second kappa shape index (κ2) is 8.58. The molecule has 0 aliphatic carbocycles. The van der Waals surface area contributed by atoms with Crippen LogP contribution in [0.15, 0.2) is 29.2 Å². The molecule has 0 aromatic heterocycles. The van der Waals surface area contributed by atoms with E-state index in [0.29, 0.717) is 24.4 Å². The number of rotatable bonds is 5. The number of benzene rings is 1. The number of piperidine rings is 1. The topological polar surface area (TPSA) is 95.6 Å². The Morgan fingerprint density at radius 2 is 1.85 bits per heavy atom. The molecule has 1 unspecified atom stereocenters. The van der Waals surface area contributed by atoms with Crippen molar-refractivity contribution in [2.75, 3.05) is 19.6 Å². The summed E-state index contributed by atoms with van der Waals surface area (Å²) in [5.74, 6) is -1.07. The first-order valence-corrected chi connectivity index (χ1v) is 10.7. The quantitative estimate of drug-likeness (QED) is 0.766. The Labute approximate surface area is 165 Å². The molecule has 1 heterocycles. The summed E-state index contributed by atoms with van der Waals surface area (Å²) in [6.45, 7) is 5.89. The van der Waals surface area contributed by atoms with Crippen LogP contribution >= 0.6 is 11.6 Å². The Kier molecular flexibility index (Phi) is 6.88. The monoisotopic (exact) mass is 415 g/mol. The maximum Gasteiger partial charge on any atom is 0.243 e. The van der Waals surface area contributed by atoms with Gasteiger partial charge in [-0.25, -0.2) is 8.42 Å². The minimum atomic E-state index is -3.69. The van der Waals surface area contributed by atoms with Gasteiger partial charge in [0.2, 0.25) is 21.8 Å². The van der Waals surface area contributed by atoms with E-state index in [-0.39, 0.29) is 35.3 Å². The first-order valence-electron chi connectivity index (χ1n) is 8.83. The Morgan fingerprint density at radius 3 is 2.44 bits per heavy atom. The Bertz CT molecular complexity index is 788. The number of carbonyl (C=O) groups excluding carboxylic acids is 2. The van der Waals surface area contributed by atoms with E-state index in [1.807, 2.05) is 20.8 Å². The fourth-order valence-electron chi connectivity index (χ4n) is 2.90. The summed E-state index contributed by atoms with van der Waals surface area (Å²) in [7, 11) is -3.69. The van der Waals surface area contributed by atoms with Crippen molar-refractivity contribution in [3.63, 3.8) is 0 Å². The smallest absolute Gasteiger partial charge is 0.243 e. The van der Waals surface area contributed by atoms with Gasteiger partial charge in [-0.2, -0.15) is 4.31 Å². The molecule has 0 radical (unpaired) electrons. The predicted octanol–water partition coefficient (Wildman–Crippen LogP) is 1.77. The van der Waals surface area contributed by atoms with Crippen LogP contribution in [0, 0.1) is 5.92 Å². The van der Waals surface area contributed by atoms with Crippen molar-refractivity contribution in [3.8, 4) is 0 Å². The fourth-order valence-corrected chi connectivity index (χ4v) is 4.55. The van der Waals surface area contributed by atoms with Crippen molar-refractivity contribution >= 4 is 33.4 Å². The zero-order chi connectivity index (χ0) is 20.2. The van der Waals surface area contributed by atoms with Gasteiger partial charge in [0.25, 0.3) is 0 Å². The van der Waals surface area contributed by atoms with Gasteiger partial charge in [0.1, 0.15) is 0 Å². The van der Waals surface area contributed by atoms with Crippen LogP contribution in [-0.2, 0) is 19.6 Å². The summed E-state index contributed by atoms with van der Waals surface area (Å²) < 4.78 is 26.9. The maximum absolute atomic E-state index is 12.8. The Balaban J connectivity index is 1.97. The zero-order valence-electron chi connectivity index (χ0n) is 15.8. The third-order valence-electron chi connectivity index (χ3n) is 4.14. The third-order valence-corrected chi connectivity index (χ3v) is 6.28. The molecule has 1 aliphatic heterocycles. The molecule has 1 aliphatic rings. The van der Waals surface area contributed by atoms with Crippen LogP contribution < -0.4 is 10.6 Å². The molecule has 9 heteroatoms. The lowest BCUT2D eigenvalue weighted by atomic mass is 9.99. The molecule has 1 aromatic rings. The van der Waals surface area contributed by atoms with Gasteiger partial charge in [0.15, 0.2) is 0 Å². The van der Waals surface area contributed by atoms with Crippen molar-refractivity contribution in [1.29, 1.82) is 0 Å². The first kappa shape index (κ1) is 21.7. The van der Waals surface area contributed by atoms with Gasteiger partial charge in [-0.15, -0.1) is 0 Å². The van der Waals surface area contributed by atoms with E-state index >= 15 is 0 Å². The molecular weight excluding hydrogens is 390 g/mol. The normalized spacial score (nSPS) is 18.7. The van der Waals surface area contributed by atoms with Crippen LogP contribution in [0.3, 0.4) is 0 Å². The molecule has 1 saturated heterocycles. The molecule has 150 valence electrons. The molecule has 2 N–H and O–H groups in total. The van der Waals surface area contributed by atoms with Crippen LogP contribution in [0.25, 0.3) is 0 Å². The molecule has 1 atom stereocenters. The average Bonchev–Trinajstić information content (AvgIpc) is 2.58. The van der Waals surface area contributed by atoms with Crippen molar-refractivity contribution in [1.82, 2.24) is 14.9 Å². The minimum absolute atomic E-state index is 0.0949. The second-order valence-electron chi connectivity index (χ2n) is 7.67. The maximum atomic E-state index is 12.8. The van der Waals surface area contributed by atoms with E-state index in [4.69, 9.17) is 11.6 Å². The van der Waals surface area contributed by atoms with E-state index < -0.39 is 15.9 Å². The summed E-state index contributed by atoms with van der Waals surface area (Å²) in [4.78, 5) is 24.4. The van der Waals surface area contributed by atoms with Crippen molar-refractivity contribution < 1.29 is 18.0 Å². The summed E-state index contributed by atoms with van der Waals surface area (Å²) in [6, 6.07) is 5.96. The lowest BCUT2D eigenvalue weighted by Gasteiger charge is -2.31. The average molecular weight is 416 g/mol. The van der Waals surface area contributed by atoms with Gasteiger partial charge in [-0.3, -0.25) is 9.59 Å². The molecule has 27 heavy (non-hydrogen) atoms. The van der Waals surface area contributed by atoms with E-state index in [2.05, 4.69) is 10.6 Å². The summed E-state index contributed by atoms with van der Waals surface area (Å²) >= 11 is 5.82. The second-order valence-corrected chi connectivity index (χ2v) is 10.0. The van der Waals surface area contributed by atoms with Crippen LogP contribution in [0.5, 0.6) is 0 Å². The number of nitrogens with zero attached hydrogens (tertiary/aromatic N) is 1. The molecule has 0 bridgehead atoms. The number of hydrogen-bond acceptors (Lipinski definition) is 4. The van der Waals surface area contributed by atoms with Crippen molar-refractivity contribution in [2.24, 2.45) is 5.92 Å². The highest BCUT2D eigenvalue weighted by Crippen LogP contribution is 2.24. The van der Waals surface area contributed by atoms with Gasteiger partial charge in [0, 0.05) is 23.7 Å². The fraction of sp³-hybridized carbons (Fsp3) is 0.556. The van der Waals surface area contributed by atoms with Gasteiger partial charge < -0.3 is 10.6 Å². The standard InChI is InChI=1S/C18H26ClN3O4S/c1-18(2,3)21-16(23)11-20-17(24)13-5-4-10-22(12-13)27(25,26)15-8-6-14(19)7-9-15/h6-9,13H,4-5,10-12H2,1-3H3,(H,20,24)(H,21,23). The van der Waals surface area contributed by atoms with Crippen LogP contribution in [0.4, 0.5) is 0 Å². The Hall–Kier alpha value is -1.64. The molecular formula is C18H26ClN3O4S. The highest BCUT2D eigenvalue weighted by atomic mass is 35.5. The van der Waals surface area contributed by atoms with Gasteiger partial charge in [0.05, 0.1) is 17.4 Å². The van der Waals surface area contributed by atoms with Crippen LogP contribution in [0.1, 0.15) is 33.6 Å². The summed E-state index contributed by atoms with van der Waals surface area (Å²) in [6.07, 6.45) is 1.17.